The highest BCUT2D eigenvalue weighted by molar-refractivity contribution is 7.88. The molecule has 0 amide bonds. The number of hydrogen-bond acceptors (Lipinski definition) is 3. The van der Waals surface area contributed by atoms with Crippen molar-refractivity contribution >= 4 is 11.4 Å². The van der Waals surface area contributed by atoms with E-state index in [4.69, 9.17) is 5.73 Å². The van der Waals surface area contributed by atoms with Gasteiger partial charge < -0.3 is 10.3 Å². The fourth-order valence-corrected chi connectivity index (χ4v) is 1.75. The Kier molecular flexibility index (Phi) is 2.35. The first-order valence-electron chi connectivity index (χ1n) is 3.04. The molecule has 9 heavy (non-hydrogen) atoms. The third kappa shape index (κ3) is 1.82. The molecule has 4 heteroatoms. The normalized spacial score (nSPS) is 33.0. The molecule has 0 bridgehead atoms. The van der Waals surface area contributed by atoms with Gasteiger partial charge in [0.2, 0.25) is 0 Å². The van der Waals surface area contributed by atoms with Crippen molar-refractivity contribution in [2.75, 3.05) is 19.3 Å². The van der Waals surface area contributed by atoms with Crippen LogP contribution in [-0.4, -0.2) is 34.2 Å². The Balaban J connectivity index is 2.30. The highest BCUT2D eigenvalue weighted by atomic mass is 32.2. The van der Waals surface area contributed by atoms with E-state index in [2.05, 4.69) is 0 Å². The summed E-state index contributed by atoms with van der Waals surface area (Å²) in [7, 11) is 0. The molecule has 0 aromatic rings. The summed E-state index contributed by atoms with van der Waals surface area (Å²) in [6, 6.07) is 0.244. The second-order valence-corrected chi connectivity index (χ2v) is 3.72. The van der Waals surface area contributed by atoms with Gasteiger partial charge in [-0.15, -0.1) is 4.31 Å². The summed E-state index contributed by atoms with van der Waals surface area (Å²) in [5.74, 6) is 0. The zero-order valence-corrected chi connectivity index (χ0v) is 6.36. The molecule has 3 nitrogen and oxygen atoms in total. The van der Waals surface area contributed by atoms with Crippen LogP contribution in [0.3, 0.4) is 0 Å². The molecule has 1 fully saturated rings. The van der Waals surface area contributed by atoms with E-state index >= 15 is 0 Å². The monoisotopic (exact) mass is 148 g/mol. The third-order valence-electron chi connectivity index (χ3n) is 1.55. The molecule has 2 N–H and O–H groups in total. The highest BCUT2D eigenvalue weighted by Crippen LogP contribution is 2.09. The first-order valence-corrected chi connectivity index (χ1v) is 4.55. The Bertz CT molecular complexity index is 99.0. The van der Waals surface area contributed by atoms with Gasteiger partial charge in [0.25, 0.3) is 0 Å². The van der Waals surface area contributed by atoms with Crippen molar-refractivity contribution < 1.29 is 4.55 Å². The maximum Gasteiger partial charge on any atom is 0.115 e. The molecule has 0 aromatic heterocycles. The van der Waals surface area contributed by atoms with E-state index in [1.807, 2.05) is 4.31 Å². The van der Waals surface area contributed by atoms with E-state index in [0.29, 0.717) is 0 Å². The van der Waals surface area contributed by atoms with Crippen LogP contribution in [0.2, 0.25) is 0 Å². The van der Waals surface area contributed by atoms with Crippen molar-refractivity contribution in [1.29, 1.82) is 0 Å². The number of nitrogens with zero attached hydrogens (tertiary/aromatic N) is 1. The fourth-order valence-electron chi connectivity index (χ4n) is 0.987. The van der Waals surface area contributed by atoms with Gasteiger partial charge in [0.05, 0.1) is 6.54 Å². The molecule has 0 spiro atoms. The summed E-state index contributed by atoms with van der Waals surface area (Å²) < 4.78 is 12.7. The van der Waals surface area contributed by atoms with Gasteiger partial charge in [0.1, 0.15) is 6.26 Å². The summed E-state index contributed by atoms with van der Waals surface area (Å²) in [6.45, 7) is 1.69. The van der Waals surface area contributed by atoms with Crippen molar-refractivity contribution in [3.8, 4) is 0 Å². The standard InChI is InChI=1S/C5H12N2OS/c1-9(8)7-3-2-5(6)4-7/h5H,2-4,6H2,1H3. The minimum absolute atomic E-state index is 0.244. The van der Waals surface area contributed by atoms with Crippen LogP contribution in [0.5, 0.6) is 0 Å². The minimum atomic E-state index is -0.808. The van der Waals surface area contributed by atoms with Crippen LogP contribution in [0.15, 0.2) is 0 Å². The summed E-state index contributed by atoms with van der Waals surface area (Å²) in [5.41, 5.74) is 5.59. The number of nitrogens with two attached hydrogens (primary N) is 1. The summed E-state index contributed by atoms with van der Waals surface area (Å²) in [5, 5.41) is 0. The van der Waals surface area contributed by atoms with E-state index < -0.39 is 11.4 Å². The van der Waals surface area contributed by atoms with Gasteiger partial charge in [-0.25, -0.2) is 0 Å². The second-order valence-electron chi connectivity index (χ2n) is 2.36. The predicted molar refractivity (Wildman–Crippen MR) is 38.2 cm³/mol. The lowest BCUT2D eigenvalue weighted by Gasteiger charge is -2.14. The van der Waals surface area contributed by atoms with E-state index in [9.17, 15) is 4.55 Å². The van der Waals surface area contributed by atoms with Gasteiger partial charge in [0, 0.05) is 23.9 Å². The van der Waals surface area contributed by atoms with Gasteiger partial charge in [-0.2, -0.15) is 0 Å². The van der Waals surface area contributed by atoms with Crippen LogP contribution in [-0.2, 0) is 11.4 Å². The molecule has 1 aliphatic heterocycles. The maximum absolute atomic E-state index is 10.8. The summed E-state index contributed by atoms with van der Waals surface area (Å²) in [6.07, 6.45) is 2.68. The van der Waals surface area contributed by atoms with Crippen LogP contribution in [0.25, 0.3) is 0 Å². The van der Waals surface area contributed by atoms with Gasteiger partial charge in [-0.05, 0) is 6.42 Å². The van der Waals surface area contributed by atoms with E-state index in [0.717, 1.165) is 19.5 Å². The zero-order chi connectivity index (χ0) is 6.85. The Morgan fingerprint density at radius 1 is 1.78 bits per heavy atom. The van der Waals surface area contributed by atoms with Crippen LogP contribution < -0.4 is 5.73 Å². The lowest BCUT2D eigenvalue weighted by molar-refractivity contribution is 0.477. The van der Waals surface area contributed by atoms with Crippen molar-refractivity contribution in [3.63, 3.8) is 0 Å². The summed E-state index contributed by atoms with van der Waals surface area (Å²) in [4.78, 5) is 0. The fraction of sp³-hybridized carbons (Fsp3) is 1.00. The highest BCUT2D eigenvalue weighted by Gasteiger charge is 2.25. The Morgan fingerprint density at radius 2 is 2.44 bits per heavy atom. The quantitative estimate of drug-likeness (QED) is 0.501. The molecule has 0 radical (unpaired) electrons. The molecule has 0 aromatic carbocycles. The first-order chi connectivity index (χ1) is 4.20. The second kappa shape index (κ2) is 2.88. The molecule has 1 saturated heterocycles. The van der Waals surface area contributed by atoms with Crippen LogP contribution in [0.1, 0.15) is 6.42 Å². The average molecular weight is 148 g/mol. The molecular formula is C5H12N2OS. The molecule has 2 unspecified atom stereocenters. The molecule has 0 saturated carbocycles. The minimum Gasteiger partial charge on any atom is -0.598 e. The molecule has 0 aliphatic carbocycles. The van der Waals surface area contributed by atoms with E-state index in [-0.39, 0.29) is 6.04 Å². The lowest BCUT2D eigenvalue weighted by atomic mass is 10.3. The largest absolute Gasteiger partial charge is 0.598 e. The van der Waals surface area contributed by atoms with Gasteiger partial charge in [0.15, 0.2) is 0 Å². The first kappa shape index (κ1) is 7.34. The smallest absolute Gasteiger partial charge is 0.115 e. The van der Waals surface area contributed by atoms with Crippen LogP contribution >= 0.6 is 0 Å². The number of hydrogen-bond donors (Lipinski definition) is 1. The SMILES string of the molecule is C[S+]([O-])N1CCC(N)C1. The molecule has 1 heterocycles. The zero-order valence-electron chi connectivity index (χ0n) is 5.54. The summed E-state index contributed by atoms with van der Waals surface area (Å²) >= 11 is -0.808. The predicted octanol–water partition coefficient (Wildman–Crippen LogP) is -0.687. The van der Waals surface area contributed by atoms with Crippen molar-refractivity contribution in [2.24, 2.45) is 5.73 Å². The van der Waals surface area contributed by atoms with Crippen molar-refractivity contribution in [1.82, 2.24) is 4.31 Å². The van der Waals surface area contributed by atoms with Crippen LogP contribution in [0, 0.1) is 0 Å². The van der Waals surface area contributed by atoms with E-state index in [1.165, 1.54) is 0 Å². The van der Waals surface area contributed by atoms with Crippen molar-refractivity contribution in [3.05, 3.63) is 0 Å². The van der Waals surface area contributed by atoms with E-state index in [1.54, 1.807) is 6.26 Å². The Morgan fingerprint density at radius 3 is 2.67 bits per heavy atom. The molecule has 2 atom stereocenters. The van der Waals surface area contributed by atoms with Crippen molar-refractivity contribution in [2.45, 2.75) is 12.5 Å². The molecule has 1 aliphatic rings. The topological polar surface area (TPSA) is 52.3 Å². The number of rotatable bonds is 1. The Hall–Kier alpha value is 0.230. The lowest BCUT2D eigenvalue weighted by Crippen LogP contribution is -2.30. The van der Waals surface area contributed by atoms with Gasteiger partial charge >= 0.3 is 0 Å². The third-order valence-corrected chi connectivity index (χ3v) is 2.61. The average Bonchev–Trinajstić information content (AvgIpc) is 2.14. The molecule has 54 valence electrons. The molecular weight excluding hydrogens is 136 g/mol. The molecule has 1 rings (SSSR count). The van der Waals surface area contributed by atoms with Gasteiger partial charge in [-0.1, -0.05) is 0 Å². The maximum atomic E-state index is 10.8. The Labute approximate surface area is 58.5 Å². The van der Waals surface area contributed by atoms with Crippen LogP contribution in [0.4, 0.5) is 0 Å². The van der Waals surface area contributed by atoms with Gasteiger partial charge in [-0.3, -0.25) is 0 Å².